The number of benzene rings is 1. The molecule has 0 unspecified atom stereocenters. The topological polar surface area (TPSA) is 21.3 Å². The van der Waals surface area contributed by atoms with Gasteiger partial charge in [-0.2, -0.15) is 0 Å². The molecule has 1 N–H and O–H groups in total. The molecule has 0 spiro atoms. The van der Waals surface area contributed by atoms with Crippen molar-refractivity contribution in [3.63, 3.8) is 0 Å². The molecule has 1 aliphatic carbocycles. The summed E-state index contributed by atoms with van der Waals surface area (Å²) in [5.41, 5.74) is 0. The summed E-state index contributed by atoms with van der Waals surface area (Å²) in [5.74, 6) is 0.288. The zero-order valence-electron chi connectivity index (χ0n) is 8.30. The molecule has 1 saturated carbocycles. The van der Waals surface area contributed by atoms with Crippen molar-refractivity contribution in [1.29, 1.82) is 0 Å². The Morgan fingerprint density at radius 2 is 2.27 bits per heavy atom. The van der Waals surface area contributed by atoms with Crippen LogP contribution >= 0.6 is 15.9 Å². The van der Waals surface area contributed by atoms with Gasteiger partial charge in [0.2, 0.25) is 0 Å². The third-order valence-corrected chi connectivity index (χ3v) is 2.92. The summed E-state index contributed by atoms with van der Waals surface area (Å²) in [5, 5.41) is 3.33. The van der Waals surface area contributed by atoms with E-state index in [0.29, 0.717) is 18.4 Å². The zero-order valence-corrected chi connectivity index (χ0v) is 9.89. The van der Waals surface area contributed by atoms with Gasteiger partial charge >= 0.3 is 0 Å². The first-order chi connectivity index (χ1) is 7.25. The third kappa shape index (κ3) is 3.47. The first-order valence-electron chi connectivity index (χ1n) is 5.07. The van der Waals surface area contributed by atoms with Crippen LogP contribution in [0.4, 0.5) is 4.39 Å². The van der Waals surface area contributed by atoms with Crippen LogP contribution in [0.15, 0.2) is 22.7 Å². The van der Waals surface area contributed by atoms with E-state index in [1.165, 1.54) is 25.0 Å². The highest BCUT2D eigenvalue weighted by atomic mass is 79.9. The highest BCUT2D eigenvalue weighted by Gasteiger charge is 2.19. The summed E-state index contributed by atoms with van der Waals surface area (Å²) in [6.07, 6.45) is 2.54. The van der Waals surface area contributed by atoms with Crippen molar-refractivity contribution in [2.75, 3.05) is 13.2 Å². The van der Waals surface area contributed by atoms with Crippen molar-refractivity contribution >= 4 is 15.9 Å². The lowest BCUT2D eigenvalue weighted by molar-refractivity contribution is 0.310. The number of hydrogen-bond donors (Lipinski definition) is 1. The van der Waals surface area contributed by atoms with Crippen LogP contribution in [0, 0.1) is 5.82 Å². The molecule has 0 aromatic heterocycles. The fraction of sp³-hybridized carbons (Fsp3) is 0.455. The summed E-state index contributed by atoms with van der Waals surface area (Å²) >= 11 is 3.31. The largest absolute Gasteiger partial charge is 0.491 e. The summed E-state index contributed by atoms with van der Waals surface area (Å²) < 4.78 is 19.1. The van der Waals surface area contributed by atoms with Crippen LogP contribution in [0.3, 0.4) is 0 Å². The van der Waals surface area contributed by atoms with Crippen molar-refractivity contribution in [3.8, 4) is 5.75 Å². The van der Waals surface area contributed by atoms with Crippen LogP contribution in [-0.4, -0.2) is 19.2 Å². The van der Waals surface area contributed by atoms with Crippen molar-refractivity contribution in [3.05, 3.63) is 28.5 Å². The second-order valence-electron chi connectivity index (χ2n) is 3.65. The molecule has 1 aromatic carbocycles. The number of hydrogen-bond acceptors (Lipinski definition) is 2. The Balaban J connectivity index is 1.78. The fourth-order valence-corrected chi connectivity index (χ4v) is 1.66. The van der Waals surface area contributed by atoms with Gasteiger partial charge in [-0.25, -0.2) is 4.39 Å². The minimum Gasteiger partial charge on any atom is -0.491 e. The molecule has 2 nitrogen and oxygen atoms in total. The molecule has 0 bridgehead atoms. The molecule has 2 rings (SSSR count). The monoisotopic (exact) mass is 273 g/mol. The lowest BCUT2D eigenvalue weighted by atomic mass is 10.3. The molecule has 0 saturated heterocycles. The van der Waals surface area contributed by atoms with Crippen LogP contribution in [0.2, 0.25) is 0 Å². The average Bonchev–Trinajstić information content (AvgIpc) is 3.01. The van der Waals surface area contributed by atoms with Gasteiger partial charge in [0.1, 0.15) is 18.2 Å². The maximum absolute atomic E-state index is 12.9. The second-order valence-corrected chi connectivity index (χ2v) is 4.51. The van der Waals surface area contributed by atoms with Crippen LogP contribution in [0.1, 0.15) is 12.8 Å². The molecule has 1 aromatic rings. The SMILES string of the molecule is Fc1ccc(Br)c(OCCNC2CC2)c1. The lowest BCUT2D eigenvalue weighted by Gasteiger charge is -2.08. The van der Waals surface area contributed by atoms with Gasteiger partial charge in [-0.1, -0.05) is 0 Å². The van der Waals surface area contributed by atoms with E-state index in [0.717, 1.165) is 11.0 Å². The molecule has 15 heavy (non-hydrogen) atoms. The molecule has 0 radical (unpaired) electrons. The summed E-state index contributed by atoms with van der Waals surface area (Å²) in [6.45, 7) is 1.38. The first-order valence-corrected chi connectivity index (χ1v) is 5.86. The lowest BCUT2D eigenvalue weighted by Crippen LogP contribution is -2.22. The van der Waals surface area contributed by atoms with Gasteiger partial charge in [0.25, 0.3) is 0 Å². The smallest absolute Gasteiger partial charge is 0.136 e. The van der Waals surface area contributed by atoms with Crippen molar-refractivity contribution in [2.24, 2.45) is 0 Å². The van der Waals surface area contributed by atoms with Crippen molar-refractivity contribution < 1.29 is 9.13 Å². The highest BCUT2D eigenvalue weighted by Crippen LogP contribution is 2.25. The Kier molecular flexibility index (Phi) is 3.59. The molecule has 82 valence electrons. The fourth-order valence-electron chi connectivity index (χ4n) is 1.30. The van der Waals surface area contributed by atoms with Gasteiger partial charge in [0.15, 0.2) is 0 Å². The molecule has 0 heterocycles. The van der Waals surface area contributed by atoms with E-state index in [-0.39, 0.29) is 5.82 Å². The predicted octanol–water partition coefficient (Wildman–Crippen LogP) is 2.72. The van der Waals surface area contributed by atoms with E-state index in [1.807, 2.05) is 0 Å². The molecule has 0 aliphatic heterocycles. The third-order valence-electron chi connectivity index (χ3n) is 2.26. The van der Waals surface area contributed by atoms with E-state index < -0.39 is 0 Å². The van der Waals surface area contributed by atoms with Gasteiger partial charge in [-0.05, 0) is 40.9 Å². The summed E-state index contributed by atoms with van der Waals surface area (Å²) in [6, 6.07) is 5.13. The first kappa shape index (κ1) is 10.9. The summed E-state index contributed by atoms with van der Waals surface area (Å²) in [7, 11) is 0. The van der Waals surface area contributed by atoms with Gasteiger partial charge < -0.3 is 10.1 Å². The molecule has 0 amide bonds. The zero-order chi connectivity index (χ0) is 10.7. The maximum atomic E-state index is 12.9. The standard InChI is InChI=1S/C11H13BrFNO/c12-10-4-1-8(13)7-11(10)15-6-5-14-9-2-3-9/h1,4,7,9,14H,2-3,5-6H2. The molecular formula is C11H13BrFNO. The van der Waals surface area contributed by atoms with E-state index in [1.54, 1.807) is 6.07 Å². The molecule has 1 fully saturated rings. The average molecular weight is 274 g/mol. The Hall–Kier alpha value is -0.610. The number of ether oxygens (including phenoxy) is 1. The van der Waals surface area contributed by atoms with Gasteiger partial charge in [-0.15, -0.1) is 0 Å². The van der Waals surface area contributed by atoms with E-state index >= 15 is 0 Å². The maximum Gasteiger partial charge on any atom is 0.136 e. The quantitative estimate of drug-likeness (QED) is 0.833. The van der Waals surface area contributed by atoms with E-state index in [4.69, 9.17) is 4.74 Å². The van der Waals surface area contributed by atoms with Gasteiger partial charge in [0, 0.05) is 18.7 Å². The minimum absolute atomic E-state index is 0.275. The van der Waals surface area contributed by atoms with E-state index in [2.05, 4.69) is 21.2 Å². The second kappa shape index (κ2) is 4.94. The number of halogens is 2. The number of rotatable bonds is 5. The van der Waals surface area contributed by atoms with Crippen LogP contribution < -0.4 is 10.1 Å². The molecule has 0 atom stereocenters. The number of nitrogens with one attached hydrogen (secondary N) is 1. The normalized spacial score (nSPS) is 15.3. The van der Waals surface area contributed by atoms with Crippen LogP contribution in [0.25, 0.3) is 0 Å². The predicted molar refractivity (Wildman–Crippen MR) is 60.6 cm³/mol. The molecule has 4 heteroatoms. The van der Waals surface area contributed by atoms with Gasteiger partial charge in [0.05, 0.1) is 4.47 Å². The Bertz CT molecular complexity index is 341. The Labute approximate surface area is 96.9 Å². The Morgan fingerprint density at radius 3 is 3.00 bits per heavy atom. The van der Waals surface area contributed by atoms with Crippen LogP contribution in [0.5, 0.6) is 5.75 Å². The Morgan fingerprint density at radius 1 is 1.47 bits per heavy atom. The molecular weight excluding hydrogens is 261 g/mol. The molecule has 1 aliphatic rings. The van der Waals surface area contributed by atoms with Crippen molar-refractivity contribution in [2.45, 2.75) is 18.9 Å². The van der Waals surface area contributed by atoms with Crippen LogP contribution in [-0.2, 0) is 0 Å². The van der Waals surface area contributed by atoms with E-state index in [9.17, 15) is 4.39 Å². The minimum atomic E-state index is -0.275. The van der Waals surface area contributed by atoms with Crippen molar-refractivity contribution in [1.82, 2.24) is 5.32 Å². The van der Waals surface area contributed by atoms with Gasteiger partial charge in [-0.3, -0.25) is 0 Å². The summed E-state index contributed by atoms with van der Waals surface area (Å²) in [4.78, 5) is 0. The highest BCUT2D eigenvalue weighted by molar-refractivity contribution is 9.10.